The van der Waals surface area contributed by atoms with Gasteiger partial charge in [0.1, 0.15) is 23.4 Å². The van der Waals surface area contributed by atoms with Gasteiger partial charge in [0, 0.05) is 45.3 Å². The lowest BCUT2D eigenvalue weighted by Crippen LogP contribution is -2.32. The van der Waals surface area contributed by atoms with Crippen LogP contribution in [0.4, 0.5) is 11.5 Å². The summed E-state index contributed by atoms with van der Waals surface area (Å²) in [6.45, 7) is 6.20. The van der Waals surface area contributed by atoms with Gasteiger partial charge in [0.25, 0.3) is 5.91 Å². The Morgan fingerprint density at radius 1 is 1.16 bits per heavy atom. The van der Waals surface area contributed by atoms with Gasteiger partial charge in [-0.15, -0.1) is 5.92 Å². The van der Waals surface area contributed by atoms with E-state index in [0.717, 1.165) is 60.6 Å². The third-order valence-corrected chi connectivity index (χ3v) is 6.64. The minimum atomic E-state index is -0.0821. The molecule has 0 atom stereocenters. The number of aliphatic imine (C=N–C) groups is 1. The van der Waals surface area contributed by atoms with Gasteiger partial charge in [-0.25, -0.2) is 10.0 Å². The minimum Gasteiger partial charge on any atom is -0.356 e. The summed E-state index contributed by atoms with van der Waals surface area (Å²) in [4.78, 5) is 26.9. The Morgan fingerprint density at radius 2 is 2.03 bits per heavy atom. The molecule has 3 aromatic rings. The molecule has 0 bridgehead atoms. The number of nitrogens with zero attached hydrogens (tertiary/aromatic N) is 7. The van der Waals surface area contributed by atoms with Gasteiger partial charge in [0.15, 0.2) is 0 Å². The summed E-state index contributed by atoms with van der Waals surface area (Å²) in [5.41, 5.74) is 2.91. The van der Waals surface area contributed by atoms with E-state index in [1.807, 2.05) is 31.3 Å². The lowest BCUT2D eigenvalue weighted by molar-refractivity contribution is 0.0829. The monoisotopic (exact) mass is 496 g/mol. The molecular formula is C28H32N8O. The minimum absolute atomic E-state index is 0.0821. The van der Waals surface area contributed by atoms with Gasteiger partial charge in [-0.05, 0) is 31.3 Å². The summed E-state index contributed by atoms with van der Waals surface area (Å²) in [6.07, 6.45) is 6.31. The molecule has 0 aliphatic carbocycles. The van der Waals surface area contributed by atoms with Crippen molar-refractivity contribution in [1.82, 2.24) is 24.8 Å². The van der Waals surface area contributed by atoms with Crippen molar-refractivity contribution in [2.75, 3.05) is 45.2 Å². The van der Waals surface area contributed by atoms with Crippen molar-refractivity contribution in [2.24, 2.45) is 10.1 Å². The van der Waals surface area contributed by atoms with Crippen molar-refractivity contribution in [3.8, 4) is 11.8 Å². The van der Waals surface area contributed by atoms with Crippen molar-refractivity contribution >= 4 is 40.7 Å². The van der Waals surface area contributed by atoms with E-state index < -0.39 is 0 Å². The van der Waals surface area contributed by atoms with E-state index in [4.69, 9.17) is 10.1 Å². The Balaban J connectivity index is 1.59. The fourth-order valence-corrected chi connectivity index (χ4v) is 4.82. The smallest absolute Gasteiger partial charge is 0.259 e. The molecular weight excluding hydrogens is 464 g/mol. The second-order valence-corrected chi connectivity index (χ2v) is 9.30. The van der Waals surface area contributed by atoms with Crippen LogP contribution in [-0.4, -0.2) is 78.2 Å². The molecule has 5 rings (SSSR count). The van der Waals surface area contributed by atoms with Crippen molar-refractivity contribution in [1.29, 1.82) is 0 Å². The van der Waals surface area contributed by atoms with E-state index in [0.29, 0.717) is 24.3 Å². The zero-order valence-electron chi connectivity index (χ0n) is 21.6. The predicted octanol–water partition coefficient (Wildman–Crippen LogP) is 3.07. The lowest BCUT2D eigenvalue weighted by Gasteiger charge is -2.26. The Bertz CT molecular complexity index is 1410. The second kappa shape index (κ2) is 10.8. The van der Waals surface area contributed by atoms with Gasteiger partial charge < -0.3 is 19.7 Å². The normalized spacial score (nSPS) is 15.1. The number of rotatable bonds is 5. The number of hydrogen-bond donors (Lipinski definition) is 1. The van der Waals surface area contributed by atoms with Crippen LogP contribution in [-0.2, 0) is 13.1 Å². The van der Waals surface area contributed by atoms with Gasteiger partial charge in [-0.3, -0.25) is 9.78 Å². The molecule has 0 spiro atoms. The van der Waals surface area contributed by atoms with Gasteiger partial charge >= 0.3 is 0 Å². The molecule has 2 aliphatic heterocycles. The maximum absolute atomic E-state index is 13.6. The van der Waals surface area contributed by atoms with Crippen LogP contribution < -0.4 is 10.2 Å². The number of pyridine rings is 1. The van der Waals surface area contributed by atoms with Gasteiger partial charge in [0.05, 0.1) is 30.7 Å². The SMILES string of the molecule is CC#CCn1c2c(c(C(=O)N(C)C)c1N1CCCNCC1)N=CN(Cc1nccc3ccccc13)N=C2. The quantitative estimate of drug-likeness (QED) is 0.549. The number of hydrogen-bond acceptors (Lipinski definition) is 7. The highest BCUT2D eigenvalue weighted by Crippen LogP contribution is 2.38. The Labute approximate surface area is 217 Å². The Kier molecular flexibility index (Phi) is 7.19. The molecule has 1 saturated heterocycles. The van der Waals surface area contributed by atoms with Crippen LogP contribution in [0.2, 0.25) is 0 Å². The first-order valence-corrected chi connectivity index (χ1v) is 12.6. The maximum atomic E-state index is 13.6. The Morgan fingerprint density at radius 3 is 2.86 bits per heavy atom. The van der Waals surface area contributed by atoms with E-state index >= 15 is 0 Å². The molecule has 1 aromatic carbocycles. The van der Waals surface area contributed by atoms with Gasteiger partial charge in [0.2, 0.25) is 0 Å². The first-order chi connectivity index (χ1) is 18.1. The van der Waals surface area contributed by atoms with Crippen LogP contribution in [0.25, 0.3) is 10.8 Å². The number of carbonyl (C=O) groups is 1. The van der Waals surface area contributed by atoms with E-state index in [-0.39, 0.29) is 5.91 Å². The summed E-state index contributed by atoms with van der Waals surface area (Å²) in [6, 6.07) is 10.2. The molecule has 2 aliphatic rings. The fraction of sp³-hybridized carbons (Fsp3) is 0.357. The standard InChI is InChI=1S/C28H32N8O/c1-4-5-16-36-24-18-32-35(19-23-22-10-7-6-9-21(22)11-13-30-23)20-31-26(24)25(28(37)33(2)3)27(36)34-15-8-12-29-14-17-34/h6-7,9-11,13,18,20,29H,8,12,14-17,19H2,1-3H3. The molecule has 0 unspecified atom stereocenters. The van der Waals surface area contributed by atoms with Crippen molar-refractivity contribution in [2.45, 2.75) is 26.4 Å². The number of nitrogens with one attached hydrogen (secondary N) is 1. The topological polar surface area (TPSA) is 81.4 Å². The van der Waals surface area contributed by atoms with Crippen LogP contribution in [0, 0.1) is 11.8 Å². The predicted molar refractivity (Wildman–Crippen MR) is 149 cm³/mol. The molecule has 37 heavy (non-hydrogen) atoms. The van der Waals surface area contributed by atoms with Crippen molar-refractivity contribution in [3.05, 3.63) is 53.5 Å². The highest BCUT2D eigenvalue weighted by molar-refractivity contribution is 6.09. The lowest BCUT2D eigenvalue weighted by atomic mass is 10.1. The number of anilines is 1. The molecule has 190 valence electrons. The molecule has 1 amide bonds. The molecule has 1 fully saturated rings. The zero-order valence-corrected chi connectivity index (χ0v) is 21.6. The maximum Gasteiger partial charge on any atom is 0.259 e. The molecule has 9 heteroatoms. The number of fused-ring (bicyclic) bond motifs is 2. The van der Waals surface area contributed by atoms with Crippen molar-refractivity contribution < 1.29 is 4.79 Å². The number of benzene rings is 1. The third kappa shape index (κ3) is 4.93. The third-order valence-electron chi connectivity index (χ3n) is 6.64. The molecule has 0 saturated carbocycles. The van der Waals surface area contributed by atoms with Crippen LogP contribution >= 0.6 is 0 Å². The average molecular weight is 497 g/mol. The first-order valence-electron chi connectivity index (χ1n) is 12.6. The number of aromatic nitrogens is 2. The van der Waals surface area contributed by atoms with Crippen LogP contribution in [0.5, 0.6) is 0 Å². The number of hydrazone groups is 1. The first kappa shape index (κ1) is 24.5. The van der Waals surface area contributed by atoms with Crippen LogP contribution in [0.1, 0.15) is 35.1 Å². The van der Waals surface area contributed by atoms with E-state index in [2.05, 4.69) is 43.7 Å². The summed E-state index contributed by atoms with van der Waals surface area (Å²) in [7, 11) is 3.55. The van der Waals surface area contributed by atoms with E-state index in [9.17, 15) is 4.79 Å². The van der Waals surface area contributed by atoms with Crippen LogP contribution in [0.15, 0.2) is 46.6 Å². The van der Waals surface area contributed by atoms with Crippen LogP contribution in [0.3, 0.4) is 0 Å². The van der Waals surface area contributed by atoms with Gasteiger partial charge in [-0.2, -0.15) is 5.10 Å². The summed E-state index contributed by atoms with van der Waals surface area (Å²) >= 11 is 0. The summed E-state index contributed by atoms with van der Waals surface area (Å²) in [5.74, 6) is 6.98. The van der Waals surface area contributed by atoms with E-state index in [1.165, 1.54) is 0 Å². The molecule has 1 N–H and O–H groups in total. The molecule has 2 aromatic heterocycles. The Hall–Kier alpha value is -4.16. The largest absolute Gasteiger partial charge is 0.356 e. The zero-order chi connectivity index (χ0) is 25.8. The summed E-state index contributed by atoms with van der Waals surface area (Å²) < 4.78 is 2.09. The van der Waals surface area contributed by atoms with Gasteiger partial charge in [-0.1, -0.05) is 30.2 Å². The number of carbonyl (C=O) groups excluding carboxylic acids is 1. The molecule has 0 radical (unpaired) electrons. The fourth-order valence-electron chi connectivity index (χ4n) is 4.82. The average Bonchev–Trinajstić information content (AvgIpc) is 3.11. The highest BCUT2D eigenvalue weighted by Gasteiger charge is 2.31. The van der Waals surface area contributed by atoms with Crippen molar-refractivity contribution in [3.63, 3.8) is 0 Å². The molecule has 9 nitrogen and oxygen atoms in total. The number of amides is 1. The summed E-state index contributed by atoms with van der Waals surface area (Å²) in [5, 5.41) is 12.2. The van der Waals surface area contributed by atoms with E-state index in [1.54, 1.807) is 36.6 Å². The second-order valence-electron chi connectivity index (χ2n) is 9.30. The highest BCUT2D eigenvalue weighted by atomic mass is 16.2. The molecule has 4 heterocycles.